The van der Waals surface area contributed by atoms with Crippen molar-refractivity contribution in [1.29, 1.82) is 0 Å². The van der Waals surface area contributed by atoms with E-state index in [9.17, 15) is 0 Å². The lowest BCUT2D eigenvalue weighted by Crippen LogP contribution is -2.33. The van der Waals surface area contributed by atoms with Gasteiger partial charge in [-0.05, 0) is 39.6 Å². The standard InChI is InChI=1S/C13H23BrN4/c1-6-18-10(8(14)7-16-18)9(17-15)11-12(2,3)13(11,4)5/h7,9,11,17H,6,15H2,1-5H3. The van der Waals surface area contributed by atoms with Crippen LogP contribution in [0.25, 0.3) is 0 Å². The van der Waals surface area contributed by atoms with Gasteiger partial charge in [-0.3, -0.25) is 16.0 Å². The number of hydrogen-bond donors (Lipinski definition) is 2. The second-order valence-corrected chi connectivity index (χ2v) is 7.11. The van der Waals surface area contributed by atoms with Crippen LogP contribution in [-0.2, 0) is 6.54 Å². The SMILES string of the molecule is CCn1ncc(Br)c1C(NN)C1C(C)(C)C1(C)C. The van der Waals surface area contributed by atoms with E-state index in [1.165, 1.54) is 0 Å². The van der Waals surface area contributed by atoms with E-state index in [2.05, 4.69) is 61.1 Å². The number of hydrogen-bond acceptors (Lipinski definition) is 3. The first-order valence-electron chi connectivity index (χ1n) is 6.46. The van der Waals surface area contributed by atoms with Gasteiger partial charge in [0.1, 0.15) is 0 Å². The molecule has 1 fully saturated rings. The Labute approximate surface area is 117 Å². The normalized spacial score (nSPS) is 23.1. The maximum absolute atomic E-state index is 5.83. The Morgan fingerprint density at radius 2 is 2.00 bits per heavy atom. The molecule has 0 radical (unpaired) electrons. The first-order valence-corrected chi connectivity index (χ1v) is 7.25. The van der Waals surface area contributed by atoms with Crippen LogP contribution in [-0.4, -0.2) is 9.78 Å². The van der Waals surface area contributed by atoms with E-state index in [-0.39, 0.29) is 16.9 Å². The minimum Gasteiger partial charge on any atom is -0.271 e. The molecule has 1 heterocycles. The lowest BCUT2D eigenvalue weighted by Gasteiger charge is -2.20. The van der Waals surface area contributed by atoms with Crippen molar-refractivity contribution in [3.8, 4) is 0 Å². The van der Waals surface area contributed by atoms with E-state index in [0.717, 1.165) is 16.7 Å². The smallest absolute Gasteiger partial charge is 0.0712 e. The molecule has 1 atom stereocenters. The van der Waals surface area contributed by atoms with Gasteiger partial charge in [-0.2, -0.15) is 5.10 Å². The van der Waals surface area contributed by atoms with Crippen molar-refractivity contribution in [2.45, 2.75) is 47.2 Å². The fraction of sp³-hybridized carbons (Fsp3) is 0.769. The summed E-state index contributed by atoms with van der Waals surface area (Å²) in [7, 11) is 0. The molecule has 18 heavy (non-hydrogen) atoms. The molecule has 4 nitrogen and oxygen atoms in total. The molecule has 0 spiro atoms. The molecule has 1 aromatic rings. The lowest BCUT2D eigenvalue weighted by molar-refractivity contribution is 0.388. The van der Waals surface area contributed by atoms with Gasteiger partial charge in [0.2, 0.25) is 0 Å². The van der Waals surface area contributed by atoms with E-state index < -0.39 is 0 Å². The van der Waals surface area contributed by atoms with Gasteiger partial charge in [-0.25, -0.2) is 0 Å². The molecule has 2 rings (SSSR count). The first kappa shape index (κ1) is 14.0. The van der Waals surface area contributed by atoms with Crippen LogP contribution in [0.1, 0.15) is 46.4 Å². The Balaban J connectivity index is 2.39. The van der Waals surface area contributed by atoms with Crippen molar-refractivity contribution in [3.05, 3.63) is 16.4 Å². The van der Waals surface area contributed by atoms with E-state index >= 15 is 0 Å². The maximum atomic E-state index is 5.83. The highest BCUT2D eigenvalue weighted by atomic mass is 79.9. The monoisotopic (exact) mass is 314 g/mol. The zero-order chi connectivity index (χ0) is 13.7. The molecule has 1 aliphatic rings. The van der Waals surface area contributed by atoms with Crippen LogP contribution in [0, 0.1) is 16.7 Å². The van der Waals surface area contributed by atoms with Crippen molar-refractivity contribution in [1.82, 2.24) is 15.2 Å². The van der Waals surface area contributed by atoms with Gasteiger partial charge in [0, 0.05) is 6.54 Å². The zero-order valence-corrected chi connectivity index (χ0v) is 13.4. The number of nitrogens with zero attached hydrogens (tertiary/aromatic N) is 2. The lowest BCUT2D eigenvalue weighted by atomic mass is 10.0. The molecule has 0 aromatic carbocycles. The Morgan fingerprint density at radius 3 is 2.39 bits per heavy atom. The number of aryl methyl sites for hydroxylation is 1. The fourth-order valence-corrected chi connectivity index (χ4v) is 3.89. The summed E-state index contributed by atoms with van der Waals surface area (Å²) in [5.74, 6) is 6.34. The van der Waals surface area contributed by atoms with Gasteiger partial charge in [0.25, 0.3) is 0 Å². The van der Waals surface area contributed by atoms with Crippen molar-refractivity contribution in [2.24, 2.45) is 22.6 Å². The highest BCUT2D eigenvalue weighted by molar-refractivity contribution is 9.10. The molecule has 5 heteroatoms. The molecular formula is C13H23BrN4. The molecular weight excluding hydrogens is 292 g/mol. The Morgan fingerprint density at radius 1 is 1.44 bits per heavy atom. The van der Waals surface area contributed by atoms with E-state index in [1.54, 1.807) is 0 Å². The van der Waals surface area contributed by atoms with Crippen LogP contribution in [0.2, 0.25) is 0 Å². The second-order valence-electron chi connectivity index (χ2n) is 6.26. The molecule has 0 bridgehead atoms. The maximum Gasteiger partial charge on any atom is 0.0712 e. The number of nitrogens with two attached hydrogens (primary N) is 1. The van der Waals surface area contributed by atoms with Gasteiger partial charge < -0.3 is 0 Å². The summed E-state index contributed by atoms with van der Waals surface area (Å²) in [4.78, 5) is 0. The summed E-state index contributed by atoms with van der Waals surface area (Å²) in [6.45, 7) is 12.2. The summed E-state index contributed by atoms with van der Waals surface area (Å²) in [5, 5.41) is 4.38. The van der Waals surface area contributed by atoms with Gasteiger partial charge >= 0.3 is 0 Å². The van der Waals surface area contributed by atoms with Gasteiger partial charge in [-0.1, -0.05) is 27.7 Å². The van der Waals surface area contributed by atoms with E-state index in [1.807, 2.05) is 10.9 Å². The predicted octanol–water partition coefficient (Wildman–Crippen LogP) is 2.85. The molecule has 0 saturated heterocycles. The minimum atomic E-state index is 0.131. The van der Waals surface area contributed by atoms with Crippen molar-refractivity contribution < 1.29 is 0 Å². The fourth-order valence-electron chi connectivity index (χ4n) is 3.35. The van der Waals surface area contributed by atoms with Crippen molar-refractivity contribution in [2.75, 3.05) is 0 Å². The van der Waals surface area contributed by atoms with Gasteiger partial charge in [0.15, 0.2) is 0 Å². The molecule has 1 aromatic heterocycles. The Kier molecular flexibility index (Phi) is 3.37. The zero-order valence-electron chi connectivity index (χ0n) is 11.8. The quantitative estimate of drug-likeness (QED) is 0.663. The van der Waals surface area contributed by atoms with Crippen LogP contribution >= 0.6 is 15.9 Å². The number of hydrazine groups is 1. The molecule has 1 aliphatic carbocycles. The number of halogens is 1. The summed E-state index contributed by atoms with van der Waals surface area (Å²) >= 11 is 3.59. The predicted molar refractivity (Wildman–Crippen MR) is 76.7 cm³/mol. The number of nitrogens with one attached hydrogen (secondary N) is 1. The average molecular weight is 315 g/mol. The molecule has 0 amide bonds. The summed E-state index contributed by atoms with van der Waals surface area (Å²) < 4.78 is 3.05. The minimum absolute atomic E-state index is 0.131. The highest BCUT2D eigenvalue weighted by Crippen LogP contribution is 2.72. The second kappa shape index (κ2) is 4.32. The summed E-state index contributed by atoms with van der Waals surface area (Å²) in [5.41, 5.74) is 4.73. The summed E-state index contributed by atoms with van der Waals surface area (Å²) in [6, 6.07) is 0.131. The third-order valence-corrected chi connectivity index (χ3v) is 5.68. The van der Waals surface area contributed by atoms with Crippen LogP contribution in [0.3, 0.4) is 0 Å². The van der Waals surface area contributed by atoms with Gasteiger partial charge in [0.05, 0.1) is 22.4 Å². The summed E-state index contributed by atoms with van der Waals surface area (Å²) in [6.07, 6.45) is 1.85. The number of rotatable bonds is 4. The van der Waals surface area contributed by atoms with E-state index in [0.29, 0.717) is 5.92 Å². The third-order valence-electron chi connectivity index (χ3n) is 5.07. The van der Waals surface area contributed by atoms with Crippen LogP contribution < -0.4 is 11.3 Å². The van der Waals surface area contributed by atoms with Crippen molar-refractivity contribution in [3.63, 3.8) is 0 Å². The Bertz CT molecular complexity index is 436. The molecule has 1 saturated carbocycles. The van der Waals surface area contributed by atoms with Crippen molar-refractivity contribution >= 4 is 15.9 Å². The topological polar surface area (TPSA) is 55.9 Å². The molecule has 0 aliphatic heterocycles. The average Bonchev–Trinajstić information content (AvgIpc) is 2.62. The molecule has 3 N–H and O–H groups in total. The van der Waals surface area contributed by atoms with Crippen LogP contribution in [0.4, 0.5) is 0 Å². The third kappa shape index (κ3) is 1.75. The number of aromatic nitrogens is 2. The highest BCUT2D eigenvalue weighted by Gasteiger charge is 2.67. The van der Waals surface area contributed by atoms with Crippen LogP contribution in [0.15, 0.2) is 10.7 Å². The Hall–Kier alpha value is -0.390. The molecule has 1 unspecified atom stereocenters. The molecule has 102 valence electrons. The largest absolute Gasteiger partial charge is 0.271 e. The first-order chi connectivity index (χ1) is 8.29. The van der Waals surface area contributed by atoms with E-state index in [4.69, 9.17) is 5.84 Å². The van der Waals surface area contributed by atoms with Gasteiger partial charge in [-0.15, -0.1) is 0 Å². The van der Waals surface area contributed by atoms with Crippen LogP contribution in [0.5, 0.6) is 0 Å².